The predicted molar refractivity (Wildman–Crippen MR) is 90.0 cm³/mol. The van der Waals surface area contributed by atoms with Gasteiger partial charge in [-0.2, -0.15) is 0 Å². The van der Waals surface area contributed by atoms with Crippen LogP contribution in [0.4, 0.5) is 4.79 Å². The van der Waals surface area contributed by atoms with Crippen LogP contribution in [0.15, 0.2) is 54.9 Å². The summed E-state index contributed by atoms with van der Waals surface area (Å²) in [5.41, 5.74) is 2.88. The summed E-state index contributed by atoms with van der Waals surface area (Å²) in [6.07, 6.45) is 4.65. The van der Waals surface area contributed by atoms with Crippen LogP contribution in [-0.2, 0) is 13.0 Å². The number of pyridine rings is 1. The number of carbonyl (C=O) groups excluding carboxylic acids is 1. The molecule has 3 heterocycles. The summed E-state index contributed by atoms with van der Waals surface area (Å²) in [5.74, 6) is 0.911. The monoisotopic (exact) mass is 322 g/mol. The van der Waals surface area contributed by atoms with Crippen LogP contribution in [0.3, 0.4) is 0 Å². The topological polar surface area (TPSA) is 67.7 Å². The summed E-state index contributed by atoms with van der Waals surface area (Å²) in [7, 11) is 0. The molecule has 24 heavy (non-hydrogen) atoms. The van der Waals surface area contributed by atoms with Crippen LogP contribution in [0.1, 0.15) is 11.3 Å². The van der Waals surface area contributed by atoms with E-state index in [-0.39, 0.29) is 12.1 Å². The largest absolute Gasteiger partial charge is 0.488 e. The number of rotatable bonds is 4. The molecule has 6 heteroatoms. The standard InChI is InChI=1S/C18H18N4O2/c23-18(19-10-14-12-22-8-4-3-7-17(22)21-14)20-11-15-9-13-5-1-2-6-16(13)24-15/h1-8,12,15H,9-11H2,(H2,19,20,23)/t15-/m0/s1. The molecule has 0 unspecified atom stereocenters. The Morgan fingerprint density at radius 2 is 2.08 bits per heavy atom. The van der Waals surface area contributed by atoms with E-state index in [0.717, 1.165) is 23.5 Å². The van der Waals surface area contributed by atoms with Crippen molar-refractivity contribution in [2.24, 2.45) is 0 Å². The van der Waals surface area contributed by atoms with Gasteiger partial charge in [0.2, 0.25) is 0 Å². The van der Waals surface area contributed by atoms with E-state index in [1.807, 2.05) is 53.2 Å². The number of benzene rings is 1. The highest BCUT2D eigenvalue weighted by atomic mass is 16.5. The molecule has 2 amide bonds. The molecule has 0 saturated heterocycles. The van der Waals surface area contributed by atoms with Gasteiger partial charge in [0, 0.05) is 18.8 Å². The third-order valence-corrected chi connectivity index (χ3v) is 4.05. The molecule has 1 aliphatic heterocycles. The Morgan fingerprint density at radius 1 is 1.21 bits per heavy atom. The van der Waals surface area contributed by atoms with Gasteiger partial charge in [0.05, 0.1) is 18.8 Å². The van der Waals surface area contributed by atoms with Crippen molar-refractivity contribution in [3.05, 3.63) is 66.1 Å². The summed E-state index contributed by atoms with van der Waals surface area (Å²) in [6, 6.07) is 13.6. The normalized spacial score (nSPS) is 15.8. The molecule has 0 spiro atoms. The summed E-state index contributed by atoms with van der Waals surface area (Å²) in [6.45, 7) is 0.866. The lowest BCUT2D eigenvalue weighted by Gasteiger charge is -2.12. The van der Waals surface area contributed by atoms with E-state index in [4.69, 9.17) is 4.74 Å². The molecule has 1 aliphatic rings. The van der Waals surface area contributed by atoms with E-state index in [9.17, 15) is 4.79 Å². The Bertz CT molecular complexity index is 816. The lowest BCUT2D eigenvalue weighted by atomic mass is 10.1. The number of hydrogen-bond acceptors (Lipinski definition) is 3. The highest BCUT2D eigenvalue weighted by molar-refractivity contribution is 5.73. The van der Waals surface area contributed by atoms with Crippen molar-refractivity contribution < 1.29 is 9.53 Å². The van der Waals surface area contributed by atoms with Crippen LogP contribution in [0.25, 0.3) is 5.65 Å². The second-order valence-corrected chi connectivity index (χ2v) is 5.81. The van der Waals surface area contributed by atoms with Gasteiger partial charge in [-0.3, -0.25) is 0 Å². The minimum atomic E-state index is -0.216. The van der Waals surface area contributed by atoms with Gasteiger partial charge in [-0.05, 0) is 23.8 Å². The molecular weight excluding hydrogens is 304 g/mol. The van der Waals surface area contributed by atoms with Crippen molar-refractivity contribution in [2.75, 3.05) is 6.54 Å². The van der Waals surface area contributed by atoms with Crippen molar-refractivity contribution in [3.63, 3.8) is 0 Å². The van der Waals surface area contributed by atoms with Gasteiger partial charge in [0.25, 0.3) is 0 Å². The molecule has 0 saturated carbocycles. The van der Waals surface area contributed by atoms with Gasteiger partial charge in [-0.25, -0.2) is 9.78 Å². The average molecular weight is 322 g/mol. The van der Waals surface area contributed by atoms with Crippen molar-refractivity contribution in [1.82, 2.24) is 20.0 Å². The summed E-state index contributed by atoms with van der Waals surface area (Å²) >= 11 is 0. The number of aromatic nitrogens is 2. The van der Waals surface area contributed by atoms with Crippen LogP contribution in [0, 0.1) is 0 Å². The molecular formula is C18H18N4O2. The summed E-state index contributed by atoms with van der Waals surface area (Å²) < 4.78 is 7.73. The molecule has 122 valence electrons. The third-order valence-electron chi connectivity index (χ3n) is 4.05. The zero-order chi connectivity index (χ0) is 16.4. The fraction of sp³-hybridized carbons (Fsp3) is 0.222. The number of nitrogens with zero attached hydrogens (tertiary/aromatic N) is 2. The Hall–Kier alpha value is -3.02. The molecule has 0 aliphatic carbocycles. The van der Waals surface area contributed by atoms with E-state index >= 15 is 0 Å². The quantitative estimate of drug-likeness (QED) is 0.773. The first-order chi connectivity index (χ1) is 11.8. The SMILES string of the molecule is O=C(NCc1cn2ccccc2n1)NC[C@@H]1Cc2ccccc2O1. The molecule has 1 atom stereocenters. The molecule has 2 N–H and O–H groups in total. The molecule has 1 aromatic carbocycles. The molecule has 3 aromatic rings. The second kappa shape index (κ2) is 6.23. The van der Waals surface area contributed by atoms with E-state index in [2.05, 4.69) is 21.7 Å². The Balaban J connectivity index is 1.25. The van der Waals surface area contributed by atoms with Crippen LogP contribution < -0.4 is 15.4 Å². The molecule has 0 radical (unpaired) electrons. The van der Waals surface area contributed by atoms with Gasteiger partial charge >= 0.3 is 6.03 Å². The number of carbonyl (C=O) groups is 1. The van der Waals surface area contributed by atoms with Gasteiger partial charge in [-0.1, -0.05) is 24.3 Å². The first-order valence-corrected chi connectivity index (χ1v) is 7.97. The molecule has 6 nitrogen and oxygen atoms in total. The molecule has 0 bridgehead atoms. The Kier molecular flexibility index (Phi) is 3.78. The molecule has 4 rings (SSSR count). The maximum Gasteiger partial charge on any atom is 0.315 e. The number of fused-ring (bicyclic) bond motifs is 2. The lowest BCUT2D eigenvalue weighted by Crippen LogP contribution is -2.40. The lowest BCUT2D eigenvalue weighted by molar-refractivity contribution is 0.213. The number of nitrogens with one attached hydrogen (secondary N) is 2. The number of amides is 2. The number of para-hydroxylation sites is 1. The van der Waals surface area contributed by atoms with Crippen LogP contribution in [0.5, 0.6) is 5.75 Å². The molecule has 2 aromatic heterocycles. The third kappa shape index (κ3) is 3.03. The maximum absolute atomic E-state index is 11.9. The number of ether oxygens (including phenoxy) is 1. The van der Waals surface area contributed by atoms with E-state index in [1.165, 1.54) is 5.56 Å². The molecule has 0 fully saturated rings. The maximum atomic E-state index is 11.9. The summed E-state index contributed by atoms with van der Waals surface area (Å²) in [4.78, 5) is 16.4. The van der Waals surface area contributed by atoms with Gasteiger partial charge in [0.15, 0.2) is 0 Å². The van der Waals surface area contributed by atoms with Gasteiger partial charge in [0.1, 0.15) is 17.5 Å². The first-order valence-electron chi connectivity index (χ1n) is 7.97. The van der Waals surface area contributed by atoms with Crippen molar-refractivity contribution >= 4 is 11.7 Å². The smallest absolute Gasteiger partial charge is 0.315 e. The number of urea groups is 1. The number of hydrogen-bond donors (Lipinski definition) is 2. The fourth-order valence-electron chi connectivity index (χ4n) is 2.88. The van der Waals surface area contributed by atoms with Gasteiger partial charge < -0.3 is 19.8 Å². The van der Waals surface area contributed by atoms with Crippen molar-refractivity contribution in [2.45, 2.75) is 19.1 Å². The average Bonchev–Trinajstić information content (AvgIpc) is 3.21. The highest BCUT2D eigenvalue weighted by Crippen LogP contribution is 2.27. The van der Waals surface area contributed by atoms with Crippen LogP contribution in [-0.4, -0.2) is 28.1 Å². The van der Waals surface area contributed by atoms with E-state index in [1.54, 1.807) is 0 Å². The second-order valence-electron chi connectivity index (χ2n) is 5.81. The van der Waals surface area contributed by atoms with Crippen LogP contribution in [0.2, 0.25) is 0 Å². The highest BCUT2D eigenvalue weighted by Gasteiger charge is 2.22. The van der Waals surface area contributed by atoms with E-state index in [0.29, 0.717) is 13.1 Å². The predicted octanol–water partition coefficient (Wildman–Crippen LogP) is 2.14. The Labute approximate surface area is 139 Å². The summed E-state index contributed by atoms with van der Waals surface area (Å²) in [5, 5.41) is 5.68. The number of imidazole rings is 1. The van der Waals surface area contributed by atoms with Crippen LogP contribution >= 0.6 is 0 Å². The van der Waals surface area contributed by atoms with Crippen molar-refractivity contribution in [3.8, 4) is 5.75 Å². The minimum Gasteiger partial charge on any atom is -0.488 e. The van der Waals surface area contributed by atoms with E-state index < -0.39 is 0 Å². The minimum absolute atomic E-state index is 0.0108. The zero-order valence-electron chi connectivity index (χ0n) is 13.1. The van der Waals surface area contributed by atoms with Gasteiger partial charge in [-0.15, -0.1) is 0 Å². The Morgan fingerprint density at radius 3 is 2.96 bits per heavy atom. The zero-order valence-corrected chi connectivity index (χ0v) is 13.1. The first kappa shape index (κ1) is 14.6. The van der Waals surface area contributed by atoms with Crippen molar-refractivity contribution in [1.29, 1.82) is 0 Å². The fourth-order valence-corrected chi connectivity index (χ4v) is 2.88.